The lowest BCUT2D eigenvalue weighted by Crippen LogP contribution is -2.28. The average Bonchev–Trinajstić information content (AvgIpc) is 3.00. The van der Waals surface area contributed by atoms with Crippen LogP contribution in [-0.4, -0.2) is 37.1 Å². The molecule has 2 aromatic rings. The molecule has 4 rings (SSSR count). The summed E-state index contributed by atoms with van der Waals surface area (Å²) in [5.41, 5.74) is -0.893. The van der Waals surface area contributed by atoms with E-state index in [1.165, 1.54) is 0 Å². The third-order valence-corrected chi connectivity index (χ3v) is 10.3. The summed E-state index contributed by atoms with van der Waals surface area (Å²) in [7, 11) is 0. The molecule has 0 heterocycles. The first kappa shape index (κ1) is 36.9. The molecule has 0 radical (unpaired) electrons. The molecule has 250 valence electrons. The molecule has 0 N–H and O–H groups in total. The number of carbonyl (C=O) groups excluding carboxylic acids is 4. The van der Waals surface area contributed by atoms with Crippen LogP contribution in [0.15, 0.2) is 12.1 Å². The summed E-state index contributed by atoms with van der Waals surface area (Å²) in [6, 6.07) is 2.27. The third-order valence-electron chi connectivity index (χ3n) is 8.21. The van der Waals surface area contributed by atoms with Gasteiger partial charge in [-0.1, -0.05) is 109 Å². The fourth-order valence-electron chi connectivity index (χ4n) is 5.94. The van der Waals surface area contributed by atoms with E-state index in [9.17, 15) is 19.2 Å². The van der Waals surface area contributed by atoms with Gasteiger partial charge in [-0.05, 0) is 61.5 Å². The minimum Gasteiger partial charge on any atom is -0.462 e. The highest BCUT2D eigenvalue weighted by atomic mass is 35.5. The molecule has 4 atom stereocenters. The molecule has 0 aliphatic heterocycles. The number of hydrogen-bond donors (Lipinski definition) is 0. The number of halogens is 6. The number of esters is 4. The first-order chi connectivity index (χ1) is 21.8. The highest BCUT2D eigenvalue weighted by molar-refractivity contribution is 6.47. The Balaban J connectivity index is 1.52. The number of ether oxygens (including phenoxy) is 4. The van der Waals surface area contributed by atoms with Crippen LogP contribution in [0.1, 0.15) is 85.9 Å². The molecule has 0 amide bonds. The third kappa shape index (κ3) is 9.14. The van der Waals surface area contributed by atoms with Crippen molar-refractivity contribution < 1.29 is 38.1 Å². The van der Waals surface area contributed by atoms with E-state index in [4.69, 9.17) is 88.6 Å². The van der Waals surface area contributed by atoms with Crippen molar-refractivity contribution in [3.05, 3.63) is 53.4 Å². The van der Waals surface area contributed by atoms with Crippen LogP contribution in [0.5, 0.6) is 11.5 Å². The summed E-state index contributed by atoms with van der Waals surface area (Å²) >= 11 is 37.5. The highest BCUT2D eigenvalue weighted by Gasteiger charge is 2.33. The maximum absolute atomic E-state index is 13.2. The average molecular weight is 757 g/mol. The van der Waals surface area contributed by atoms with E-state index in [0.717, 1.165) is 63.5 Å². The van der Waals surface area contributed by atoms with Gasteiger partial charge in [0.15, 0.2) is 11.5 Å². The van der Waals surface area contributed by atoms with Crippen molar-refractivity contribution in [3.8, 4) is 11.5 Å². The van der Waals surface area contributed by atoms with E-state index in [2.05, 4.69) is 13.8 Å². The van der Waals surface area contributed by atoms with E-state index < -0.39 is 46.5 Å². The van der Waals surface area contributed by atoms with Gasteiger partial charge < -0.3 is 18.9 Å². The van der Waals surface area contributed by atoms with E-state index >= 15 is 0 Å². The molecule has 4 unspecified atom stereocenters. The monoisotopic (exact) mass is 754 g/mol. The Hall–Kier alpha value is -1.94. The van der Waals surface area contributed by atoms with Crippen molar-refractivity contribution in [2.75, 3.05) is 13.2 Å². The van der Waals surface area contributed by atoms with E-state index in [0.29, 0.717) is 11.8 Å². The molecule has 46 heavy (non-hydrogen) atoms. The minimum atomic E-state index is -1.63. The number of carbonyl (C=O) groups is 4. The Morgan fingerprint density at radius 2 is 0.978 bits per heavy atom. The zero-order chi connectivity index (χ0) is 33.7. The molecule has 0 spiro atoms. The van der Waals surface area contributed by atoms with Gasteiger partial charge >= 0.3 is 23.9 Å². The van der Waals surface area contributed by atoms with Gasteiger partial charge in [-0.15, -0.1) is 0 Å². The summed E-state index contributed by atoms with van der Waals surface area (Å²) < 4.78 is 21.4. The van der Waals surface area contributed by atoms with Crippen LogP contribution in [0.3, 0.4) is 0 Å². The van der Waals surface area contributed by atoms with E-state index in [1.807, 2.05) is 0 Å². The molecule has 2 aromatic carbocycles. The summed E-state index contributed by atoms with van der Waals surface area (Å²) in [6.45, 7) is 4.47. The molecule has 2 fully saturated rings. The van der Waals surface area contributed by atoms with Gasteiger partial charge in [0.25, 0.3) is 0 Å². The van der Waals surface area contributed by atoms with Crippen LogP contribution >= 0.6 is 69.6 Å². The number of hydrogen-bond acceptors (Lipinski definition) is 8. The predicted octanol–water partition coefficient (Wildman–Crippen LogP) is 10.1. The summed E-state index contributed by atoms with van der Waals surface area (Å²) in [5.74, 6) is -5.02. The van der Waals surface area contributed by atoms with Crippen molar-refractivity contribution in [1.82, 2.24) is 0 Å². The van der Waals surface area contributed by atoms with Crippen LogP contribution in [0, 0.1) is 23.7 Å². The second kappa shape index (κ2) is 16.4. The molecular formula is C32H32Cl6O8. The lowest BCUT2D eigenvalue weighted by molar-refractivity contribution is -0.156. The van der Waals surface area contributed by atoms with Gasteiger partial charge in [-0.2, -0.15) is 0 Å². The minimum absolute atomic E-state index is 0.105. The largest absolute Gasteiger partial charge is 0.462 e. The zero-order valence-corrected chi connectivity index (χ0v) is 29.6. The maximum Gasteiger partial charge on any atom is 0.423 e. The molecule has 2 aliphatic carbocycles. The molecule has 0 saturated heterocycles. The second-order valence-corrected chi connectivity index (χ2v) is 14.4. The molecule has 0 aromatic heterocycles. The standard InChI is InChI=1S/C32H32Cl6O8/c1-15-5-3-7-17(9-15)13-43-29(39)23-25(37)19(33)11-21(35)27(23)45-31(41)32(42)46-28-22(36)12-20(34)26(38)24(28)30(40)44-14-18-8-4-6-16(2)10-18/h11-12,15-18H,3-10,13-14H2,1-2H3. The van der Waals surface area contributed by atoms with Crippen molar-refractivity contribution >= 4 is 93.5 Å². The summed E-state index contributed by atoms with van der Waals surface area (Å²) in [6.07, 6.45) is 7.79. The van der Waals surface area contributed by atoms with Crippen LogP contribution < -0.4 is 9.47 Å². The Morgan fingerprint density at radius 1 is 0.609 bits per heavy atom. The lowest BCUT2D eigenvalue weighted by Gasteiger charge is -2.26. The normalized spacial score (nSPS) is 21.3. The Kier molecular flexibility index (Phi) is 13.2. The smallest absolute Gasteiger partial charge is 0.423 e. The topological polar surface area (TPSA) is 105 Å². The molecule has 2 saturated carbocycles. The van der Waals surface area contributed by atoms with Gasteiger partial charge in [0.1, 0.15) is 11.1 Å². The molecule has 2 aliphatic rings. The van der Waals surface area contributed by atoms with E-state index in [-0.39, 0.29) is 55.2 Å². The Bertz CT molecular complexity index is 1400. The van der Waals surface area contributed by atoms with Gasteiger partial charge in [0.05, 0.1) is 43.3 Å². The van der Waals surface area contributed by atoms with Crippen molar-refractivity contribution in [1.29, 1.82) is 0 Å². The van der Waals surface area contributed by atoms with Crippen molar-refractivity contribution in [2.24, 2.45) is 23.7 Å². The van der Waals surface area contributed by atoms with Crippen LogP contribution in [0.4, 0.5) is 0 Å². The highest BCUT2D eigenvalue weighted by Crippen LogP contribution is 2.42. The van der Waals surface area contributed by atoms with Crippen LogP contribution in [0.25, 0.3) is 0 Å². The maximum atomic E-state index is 13.2. The Labute approximate surface area is 297 Å². The molecule has 0 bridgehead atoms. The molecule has 8 nitrogen and oxygen atoms in total. The predicted molar refractivity (Wildman–Crippen MR) is 177 cm³/mol. The Morgan fingerprint density at radius 3 is 1.33 bits per heavy atom. The van der Waals surface area contributed by atoms with Gasteiger partial charge in [-0.3, -0.25) is 0 Å². The first-order valence-electron chi connectivity index (χ1n) is 14.9. The fraction of sp³-hybridized carbons (Fsp3) is 0.500. The SMILES string of the molecule is CC1CCCC(COC(=O)c2c(Cl)c(Cl)cc(Cl)c2OC(=O)C(=O)Oc2c(Cl)cc(Cl)c(Cl)c2C(=O)OCC2CCCC(C)C2)C1. The molecular weight excluding hydrogens is 725 g/mol. The van der Waals surface area contributed by atoms with E-state index in [1.54, 1.807) is 0 Å². The number of benzene rings is 2. The number of rotatable bonds is 8. The molecule has 14 heteroatoms. The summed E-state index contributed by atoms with van der Waals surface area (Å²) in [4.78, 5) is 52.3. The van der Waals surface area contributed by atoms with Gasteiger partial charge in [-0.25, -0.2) is 19.2 Å². The lowest BCUT2D eigenvalue weighted by atomic mass is 9.83. The van der Waals surface area contributed by atoms with Gasteiger partial charge in [0.2, 0.25) is 0 Å². The first-order valence-corrected chi connectivity index (χ1v) is 17.2. The summed E-state index contributed by atoms with van der Waals surface area (Å²) in [5, 5.41) is -1.42. The zero-order valence-electron chi connectivity index (χ0n) is 25.1. The quantitative estimate of drug-likeness (QED) is 0.113. The van der Waals surface area contributed by atoms with Crippen molar-refractivity contribution in [3.63, 3.8) is 0 Å². The van der Waals surface area contributed by atoms with Gasteiger partial charge in [0, 0.05) is 0 Å². The second-order valence-electron chi connectivity index (χ2n) is 12.0. The van der Waals surface area contributed by atoms with Crippen molar-refractivity contribution in [2.45, 2.75) is 65.2 Å². The van der Waals surface area contributed by atoms with Crippen LogP contribution in [0.2, 0.25) is 30.1 Å². The fourth-order valence-corrected chi connectivity index (χ4v) is 7.38. The van der Waals surface area contributed by atoms with Crippen LogP contribution in [-0.2, 0) is 19.1 Å².